The fourth-order valence-corrected chi connectivity index (χ4v) is 9.06. The highest BCUT2D eigenvalue weighted by molar-refractivity contribution is 5.71. The van der Waals surface area contributed by atoms with Gasteiger partial charge in [-0.25, -0.2) is 0 Å². The highest BCUT2D eigenvalue weighted by atomic mass is 16.6. The van der Waals surface area contributed by atoms with E-state index in [1.807, 2.05) is 6.08 Å². The molecular formula is C77H124O6. The summed E-state index contributed by atoms with van der Waals surface area (Å²) in [7, 11) is 0. The number of esters is 3. The van der Waals surface area contributed by atoms with Crippen LogP contribution in [0.25, 0.3) is 0 Å². The minimum Gasteiger partial charge on any atom is -0.462 e. The molecule has 0 aromatic rings. The van der Waals surface area contributed by atoms with E-state index in [0.717, 1.165) is 128 Å². The van der Waals surface area contributed by atoms with Gasteiger partial charge in [-0.2, -0.15) is 0 Å². The number of carbonyl (C=O) groups is 3. The molecule has 1 atom stereocenters. The summed E-state index contributed by atoms with van der Waals surface area (Å²) in [6.07, 6.45) is 101. The fraction of sp³-hybridized carbons (Fsp3) is 0.623. The third-order valence-corrected chi connectivity index (χ3v) is 14.0. The van der Waals surface area contributed by atoms with E-state index in [-0.39, 0.29) is 37.5 Å². The number of allylic oxidation sites excluding steroid dienone is 26. The Labute approximate surface area is 511 Å². The van der Waals surface area contributed by atoms with Crippen molar-refractivity contribution in [3.8, 4) is 0 Å². The van der Waals surface area contributed by atoms with Gasteiger partial charge in [-0.05, 0) is 128 Å². The van der Waals surface area contributed by atoms with Gasteiger partial charge in [0.05, 0.1) is 0 Å². The van der Waals surface area contributed by atoms with Crippen molar-refractivity contribution in [2.75, 3.05) is 13.2 Å². The monoisotopic (exact) mass is 1140 g/mol. The lowest BCUT2D eigenvalue weighted by Crippen LogP contribution is -2.30. The van der Waals surface area contributed by atoms with Gasteiger partial charge in [-0.1, -0.05) is 301 Å². The van der Waals surface area contributed by atoms with E-state index in [0.29, 0.717) is 19.3 Å². The van der Waals surface area contributed by atoms with Gasteiger partial charge in [0, 0.05) is 19.3 Å². The van der Waals surface area contributed by atoms with Crippen LogP contribution in [0.15, 0.2) is 158 Å². The van der Waals surface area contributed by atoms with Crippen molar-refractivity contribution in [2.45, 2.75) is 297 Å². The Balaban J connectivity index is 4.35. The summed E-state index contributed by atoms with van der Waals surface area (Å²) in [5.74, 6) is -0.998. The predicted molar refractivity (Wildman–Crippen MR) is 362 cm³/mol. The molecule has 0 aliphatic rings. The molecule has 0 radical (unpaired) electrons. The first kappa shape index (κ1) is 78.0. The predicted octanol–water partition coefficient (Wildman–Crippen LogP) is 23.7. The summed E-state index contributed by atoms with van der Waals surface area (Å²) in [6.45, 7) is 6.24. The maximum Gasteiger partial charge on any atom is 0.306 e. The van der Waals surface area contributed by atoms with Crippen LogP contribution in [0.2, 0.25) is 0 Å². The van der Waals surface area contributed by atoms with E-state index in [1.54, 1.807) is 0 Å². The van der Waals surface area contributed by atoms with Crippen molar-refractivity contribution in [3.63, 3.8) is 0 Å². The van der Waals surface area contributed by atoms with E-state index >= 15 is 0 Å². The Morgan fingerprint density at radius 1 is 0.241 bits per heavy atom. The highest BCUT2D eigenvalue weighted by Crippen LogP contribution is 2.16. The zero-order valence-electron chi connectivity index (χ0n) is 53.7. The van der Waals surface area contributed by atoms with Gasteiger partial charge < -0.3 is 14.2 Å². The van der Waals surface area contributed by atoms with E-state index in [2.05, 4.69) is 173 Å². The van der Waals surface area contributed by atoms with Crippen LogP contribution in [0.4, 0.5) is 0 Å². The molecule has 0 spiro atoms. The minimum atomic E-state index is -0.819. The third kappa shape index (κ3) is 67.7. The highest BCUT2D eigenvalue weighted by Gasteiger charge is 2.19. The van der Waals surface area contributed by atoms with Gasteiger partial charge in [0.2, 0.25) is 0 Å². The molecule has 6 heteroatoms. The lowest BCUT2D eigenvalue weighted by Gasteiger charge is -2.18. The molecule has 0 heterocycles. The summed E-state index contributed by atoms with van der Waals surface area (Å²) in [6, 6.07) is 0. The first-order chi connectivity index (χ1) is 41.0. The average molecular weight is 1150 g/mol. The fourth-order valence-electron chi connectivity index (χ4n) is 9.06. The SMILES string of the molecule is CC/C=C\C/C=C\C/C=C\C/C=C\C/C=C\CCCCCCCCCCCC(=O)OC(COC(=O)CC/C=C\C/C=C\C/C=C\C/C=C\CC)COC(=O)CCCCCCCCCCCCCCCC/C=C\C/C=C\C/C=C\C/C=C\CC. The second-order valence-corrected chi connectivity index (χ2v) is 21.9. The van der Waals surface area contributed by atoms with Crippen molar-refractivity contribution in [1.82, 2.24) is 0 Å². The third-order valence-electron chi connectivity index (χ3n) is 14.0. The molecule has 0 N–H and O–H groups in total. The van der Waals surface area contributed by atoms with Gasteiger partial charge in [0.15, 0.2) is 6.10 Å². The van der Waals surface area contributed by atoms with E-state index < -0.39 is 6.10 Å². The van der Waals surface area contributed by atoms with Crippen molar-refractivity contribution >= 4 is 17.9 Å². The first-order valence-electron chi connectivity index (χ1n) is 34.0. The molecule has 0 aromatic heterocycles. The maximum atomic E-state index is 12.9. The van der Waals surface area contributed by atoms with Crippen molar-refractivity contribution < 1.29 is 28.6 Å². The lowest BCUT2D eigenvalue weighted by atomic mass is 10.0. The Bertz CT molecular complexity index is 1840. The van der Waals surface area contributed by atoms with E-state index in [1.165, 1.54) is 116 Å². The van der Waals surface area contributed by atoms with Crippen LogP contribution in [0.5, 0.6) is 0 Å². The number of carbonyl (C=O) groups excluding carboxylic acids is 3. The number of hydrogen-bond acceptors (Lipinski definition) is 6. The molecule has 0 saturated heterocycles. The topological polar surface area (TPSA) is 78.9 Å². The number of unbranched alkanes of at least 4 members (excludes halogenated alkanes) is 23. The van der Waals surface area contributed by atoms with Crippen LogP contribution >= 0.6 is 0 Å². The molecule has 0 rings (SSSR count). The standard InChI is InChI=1S/C77H124O6/c1-4-7-10-13-16-19-22-25-27-29-31-33-35-37-38-40-41-43-45-47-49-52-55-58-61-64-67-70-76(79)82-73-74(72-81-75(78)69-66-63-60-57-54-51-24-21-18-15-12-9-6-3)83-77(80)71-68-65-62-59-56-53-50-48-46-44-42-39-36-34-32-30-28-26-23-20-17-14-11-8-5-2/h7-12,16-21,25-28,31-34,39,42,51,54,60,63,74H,4-6,13-15,22-24,29-30,35-38,40-41,43-50,52-53,55-59,61-62,64-73H2,1-3H3/b10-7-,11-8-,12-9-,19-16-,20-17-,21-18-,27-25-,28-26-,33-31-,34-32-,42-39-,54-51-,63-60-. The van der Waals surface area contributed by atoms with Crippen LogP contribution < -0.4 is 0 Å². The first-order valence-corrected chi connectivity index (χ1v) is 34.0. The molecule has 0 amide bonds. The minimum absolute atomic E-state index is 0.107. The number of ether oxygens (including phenoxy) is 3. The smallest absolute Gasteiger partial charge is 0.306 e. The molecule has 468 valence electrons. The van der Waals surface area contributed by atoms with Crippen LogP contribution in [-0.4, -0.2) is 37.2 Å². The Morgan fingerprint density at radius 3 is 0.747 bits per heavy atom. The molecule has 0 aliphatic carbocycles. The molecular weight excluding hydrogens is 1020 g/mol. The van der Waals surface area contributed by atoms with Crippen molar-refractivity contribution in [1.29, 1.82) is 0 Å². The van der Waals surface area contributed by atoms with Gasteiger partial charge in [0.1, 0.15) is 13.2 Å². The van der Waals surface area contributed by atoms with Gasteiger partial charge in [0.25, 0.3) is 0 Å². The Morgan fingerprint density at radius 2 is 0.458 bits per heavy atom. The summed E-state index contributed by atoms with van der Waals surface area (Å²) in [4.78, 5) is 38.4. The van der Waals surface area contributed by atoms with Gasteiger partial charge in [-0.3, -0.25) is 14.4 Å². The van der Waals surface area contributed by atoms with Crippen LogP contribution in [0.1, 0.15) is 290 Å². The van der Waals surface area contributed by atoms with E-state index in [9.17, 15) is 14.4 Å². The summed E-state index contributed by atoms with van der Waals surface area (Å²) < 4.78 is 16.9. The van der Waals surface area contributed by atoms with Gasteiger partial charge in [-0.15, -0.1) is 0 Å². The molecule has 1 unspecified atom stereocenters. The van der Waals surface area contributed by atoms with E-state index in [4.69, 9.17) is 14.2 Å². The molecule has 0 aromatic carbocycles. The van der Waals surface area contributed by atoms with Crippen LogP contribution in [0, 0.1) is 0 Å². The Hall–Kier alpha value is -4.97. The summed E-state index contributed by atoms with van der Waals surface area (Å²) in [5.41, 5.74) is 0. The summed E-state index contributed by atoms with van der Waals surface area (Å²) in [5, 5.41) is 0. The van der Waals surface area contributed by atoms with Crippen molar-refractivity contribution in [2.24, 2.45) is 0 Å². The molecule has 0 bridgehead atoms. The summed E-state index contributed by atoms with van der Waals surface area (Å²) >= 11 is 0. The molecule has 0 fully saturated rings. The molecule has 6 nitrogen and oxygen atoms in total. The quantitative estimate of drug-likeness (QED) is 0.0261. The zero-order chi connectivity index (χ0) is 59.9. The maximum absolute atomic E-state index is 12.9. The van der Waals surface area contributed by atoms with Crippen LogP contribution in [-0.2, 0) is 28.6 Å². The van der Waals surface area contributed by atoms with Gasteiger partial charge >= 0.3 is 17.9 Å². The van der Waals surface area contributed by atoms with Crippen molar-refractivity contribution in [3.05, 3.63) is 158 Å². The Kier molecular flexibility index (Phi) is 65.4. The second-order valence-electron chi connectivity index (χ2n) is 21.9. The lowest BCUT2D eigenvalue weighted by molar-refractivity contribution is -0.166. The average Bonchev–Trinajstić information content (AvgIpc) is 3.49. The van der Waals surface area contributed by atoms with Crippen LogP contribution in [0.3, 0.4) is 0 Å². The second kappa shape index (κ2) is 69.5. The zero-order valence-corrected chi connectivity index (χ0v) is 53.7. The largest absolute Gasteiger partial charge is 0.462 e. The number of hydrogen-bond donors (Lipinski definition) is 0. The molecule has 0 saturated carbocycles. The molecule has 0 aliphatic heterocycles. The normalized spacial score (nSPS) is 13.1. The number of rotatable bonds is 60. The molecule has 83 heavy (non-hydrogen) atoms.